The van der Waals surface area contributed by atoms with Crippen molar-refractivity contribution in [2.24, 2.45) is 11.7 Å². The normalized spacial score (nSPS) is 13.2. The van der Waals surface area contributed by atoms with Crippen molar-refractivity contribution < 1.29 is 4.74 Å². The summed E-state index contributed by atoms with van der Waals surface area (Å²) in [4.78, 5) is 0. The Labute approximate surface area is 81.2 Å². The average Bonchev–Trinajstić information content (AvgIpc) is 1.96. The van der Waals surface area contributed by atoms with Gasteiger partial charge in [0.05, 0.1) is 11.9 Å². The third-order valence-corrected chi connectivity index (χ3v) is 1.80. The minimum Gasteiger partial charge on any atom is -0.388 e. The van der Waals surface area contributed by atoms with Gasteiger partial charge in [-0.25, -0.2) is 0 Å². The molecular weight excluding hydrogens is 164 g/mol. The van der Waals surface area contributed by atoms with Crippen molar-refractivity contribution in [1.29, 1.82) is 5.41 Å². The number of rotatable bonds is 7. The number of amidine groups is 1. The maximum absolute atomic E-state index is 7.02. The van der Waals surface area contributed by atoms with Gasteiger partial charge in [-0.3, -0.25) is 5.41 Å². The molecule has 3 nitrogen and oxygen atoms in total. The second-order valence-corrected chi connectivity index (χ2v) is 3.94. The van der Waals surface area contributed by atoms with Crippen LogP contribution in [-0.2, 0) is 4.74 Å². The molecule has 0 saturated carbocycles. The van der Waals surface area contributed by atoms with Crippen LogP contribution in [0.5, 0.6) is 0 Å². The second-order valence-electron chi connectivity index (χ2n) is 3.94. The third-order valence-electron chi connectivity index (χ3n) is 1.80. The lowest BCUT2D eigenvalue weighted by atomic mass is 10.1. The van der Waals surface area contributed by atoms with Crippen LogP contribution in [0.15, 0.2) is 0 Å². The van der Waals surface area contributed by atoms with E-state index in [1.54, 1.807) is 0 Å². The Morgan fingerprint density at radius 2 is 2.00 bits per heavy atom. The first-order chi connectivity index (χ1) is 6.02. The topological polar surface area (TPSA) is 59.1 Å². The first kappa shape index (κ1) is 12.4. The molecule has 0 amide bonds. The highest BCUT2D eigenvalue weighted by molar-refractivity contribution is 5.76. The van der Waals surface area contributed by atoms with Gasteiger partial charge < -0.3 is 10.5 Å². The lowest BCUT2D eigenvalue weighted by molar-refractivity contribution is 0.0513. The van der Waals surface area contributed by atoms with E-state index in [-0.39, 0.29) is 5.84 Å². The Morgan fingerprint density at radius 1 is 1.38 bits per heavy atom. The van der Waals surface area contributed by atoms with Gasteiger partial charge in [0, 0.05) is 13.0 Å². The van der Waals surface area contributed by atoms with Crippen LogP contribution in [-0.4, -0.2) is 18.5 Å². The van der Waals surface area contributed by atoms with E-state index in [9.17, 15) is 0 Å². The van der Waals surface area contributed by atoms with Crippen molar-refractivity contribution in [2.45, 2.75) is 46.1 Å². The van der Waals surface area contributed by atoms with Crippen LogP contribution in [0.3, 0.4) is 0 Å². The molecule has 3 N–H and O–H groups in total. The molecule has 0 aliphatic carbocycles. The zero-order valence-electron chi connectivity index (χ0n) is 8.97. The fourth-order valence-corrected chi connectivity index (χ4v) is 1.28. The van der Waals surface area contributed by atoms with Gasteiger partial charge in [0.25, 0.3) is 0 Å². The zero-order valence-corrected chi connectivity index (χ0v) is 8.97. The van der Waals surface area contributed by atoms with E-state index < -0.39 is 0 Å². The molecular formula is C10H22N2O. The molecule has 0 aromatic rings. The molecule has 0 saturated heterocycles. The van der Waals surface area contributed by atoms with Crippen LogP contribution < -0.4 is 5.73 Å². The predicted octanol–water partition coefficient (Wildman–Crippen LogP) is 2.15. The molecule has 0 bridgehead atoms. The van der Waals surface area contributed by atoms with Crippen molar-refractivity contribution in [3.05, 3.63) is 0 Å². The molecule has 0 rings (SSSR count). The summed E-state index contributed by atoms with van der Waals surface area (Å²) >= 11 is 0. The van der Waals surface area contributed by atoms with E-state index in [1.165, 1.54) is 0 Å². The third kappa shape index (κ3) is 9.34. The SMILES string of the molecule is CC(C)CC(C)OCCCC(=N)N. The predicted molar refractivity (Wildman–Crippen MR) is 56.0 cm³/mol. The fraction of sp³-hybridized carbons (Fsp3) is 0.900. The maximum Gasteiger partial charge on any atom is 0.0906 e. The zero-order chi connectivity index (χ0) is 10.3. The minimum absolute atomic E-state index is 0.250. The van der Waals surface area contributed by atoms with E-state index in [4.69, 9.17) is 15.9 Å². The smallest absolute Gasteiger partial charge is 0.0906 e. The van der Waals surface area contributed by atoms with Gasteiger partial charge in [0.15, 0.2) is 0 Å². The molecule has 0 aromatic carbocycles. The van der Waals surface area contributed by atoms with Crippen LogP contribution >= 0.6 is 0 Å². The summed E-state index contributed by atoms with van der Waals surface area (Å²) in [5.41, 5.74) is 5.22. The van der Waals surface area contributed by atoms with Crippen molar-refractivity contribution in [1.82, 2.24) is 0 Å². The van der Waals surface area contributed by atoms with Crippen molar-refractivity contribution in [3.8, 4) is 0 Å². The Morgan fingerprint density at radius 3 is 2.46 bits per heavy atom. The highest BCUT2D eigenvalue weighted by Crippen LogP contribution is 2.07. The van der Waals surface area contributed by atoms with E-state index in [0.717, 1.165) is 12.8 Å². The molecule has 0 aromatic heterocycles. The van der Waals surface area contributed by atoms with Gasteiger partial charge in [-0.05, 0) is 25.7 Å². The quantitative estimate of drug-likeness (QED) is 0.363. The number of ether oxygens (including phenoxy) is 1. The standard InChI is InChI=1S/C10H22N2O/c1-8(2)7-9(3)13-6-4-5-10(11)12/h8-9H,4-7H2,1-3H3,(H3,11,12). The van der Waals surface area contributed by atoms with Gasteiger partial charge in [0.1, 0.15) is 0 Å². The lowest BCUT2D eigenvalue weighted by Gasteiger charge is -2.14. The van der Waals surface area contributed by atoms with Crippen molar-refractivity contribution in [2.75, 3.05) is 6.61 Å². The van der Waals surface area contributed by atoms with Crippen LogP contribution in [0.2, 0.25) is 0 Å². The summed E-state index contributed by atoms with van der Waals surface area (Å²) in [6.45, 7) is 7.19. The van der Waals surface area contributed by atoms with Gasteiger partial charge >= 0.3 is 0 Å². The molecule has 78 valence electrons. The Hall–Kier alpha value is -0.570. The monoisotopic (exact) mass is 186 g/mol. The largest absolute Gasteiger partial charge is 0.388 e. The summed E-state index contributed by atoms with van der Waals surface area (Å²) in [7, 11) is 0. The van der Waals surface area contributed by atoms with E-state index in [2.05, 4.69) is 20.8 Å². The van der Waals surface area contributed by atoms with Gasteiger partial charge in [0.2, 0.25) is 0 Å². The van der Waals surface area contributed by atoms with E-state index in [0.29, 0.717) is 25.0 Å². The average molecular weight is 186 g/mol. The van der Waals surface area contributed by atoms with Crippen molar-refractivity contribution >= 4 is 5.84 Å². The summed E-state index contributed by atoms with van der Waals surface area (Å²) in [6.07, 6.45) is 2.93. The second kappa shape index (κ2) is 6.89. The molecule has 0 aliphatic heterocycles. The molecule has 0 aliphatic rings. The first-order valence-electron chi connectivity index (χ1n) is 4.97. The summed E-state index contributed by atoms with van der Waals surface area (Å²) in [6, 6.07) is 0. The van der Waals surface area contributed by atoms with E-state index >= 15 is 0 Å². The van der Waals surface area contributed by atoms with E-state index in [1.807, 2.05) is 0 Å². The molecule has 1 atom stereocenters. The highest BCUT2D eigenvalue weighted by Gasteiger charge is 2.04. The first-order valence-corrected chi connectivity index (χ1v) is 4.97. The van der Waals surface area contributed by atoms with Gasteiger partial charge in [-0.1, -0.05) is 13.8 Å². The minimum atomic E-state index is 0.250. The lowest BCUT2D eigenvalue weighted by Crippen LogP contribution is -2.14. The van der Waals surface area contributed by atoms with Crippen LogP contribution in [0.1, 0.15) is 40.0 Å². The number of nitrogens with two attached hydrogens (primary N) is 1. The highest BCUT2D eigenvalue weighted by atomic mass is 16.5. The number of hydrogen-bond donors (Lipinski definition) is 2. The Kier molecular flexibility index (Phi) is 6.59. The summed E-state index contributed by atoms with van der Waals surface area (Å²) in [5, 5.41) is 7.02. The van der Waals surface area contributed by atoms with Crippen molar-refractivity contribution in [3.63, 3.8) is 0 Å². The molecule has 3 heteroatoms. The molecule has 0 heterocycles. The molecule has 0 fully saturated rings. The molecule has 1 unspecified atom stereocenters. The van der Waals surface area contributed by atoms with Crippen LogP contribution in [0, 0.1) is 11.3 Å². The molecule has 13 heavy (non-hydrogen) atoms. The number of hydrogen-bond acceptors (Lipinski definition) is 2. The Balaban J connectivity index is 3.26. The fourth-order valence-electron chi connectivity index (χ4n) is 1.28. The molecule has 0 radical (unpaired) electrons. The van der Waals surface area contributed by atoms with Gasteiger partial charge in [-0.15, -0.1) is 0 Å². The summed E-state index contributed by atoms with van der Waals surface area (Å²) < 4.78 is 5.55. The van der Waals surface area contributed by atoms with Crippen LogP contribution in [0.25, 0.3) is 0 Å². The number of nitrogens with one attached hydrogen (secondary N) is 1. The molecule has 0 spiro atoms. The van der Waals surface area contributed by atoms with Crippen LogP contribution in [0.4, 0.5) is 0 Å². The Bertz CT molecular complexity index is 146. The maximum atomic E-state index is 7.02. The van der Waals surface area contributed by atoms with Gasteiger partial charge in [-0.2, -0.15) is 0 Å². The summed E-state index contributed by atoms with van der Waals surface area (Å²) in [5.74, 6) is 0.933.